The van der Waals surface area contributed by atoms with Crippen LogP contribution in [0, 0.1) is 23.7 Å². The number of aliphatic imine (C=N–C) groups is 1. The highest BCUT2D eigenvalue weighted by atomic mass is 16.3. The Bertz CT molecular complexity index is 769. The molecule has 4 unspecified atom stereocenters. The lowest BCUT2D eigenvalue weighted by Gasteiger charge is -2.18. The summed E-state index contributed by atoms with van der Waals surface area (Å²) in [5.74, 6) is 1.72. The number of hydrogen-bond acceptors (Lipinski definition) is 4. The zero-order valence-corrected chi connectivity index (χ0v) is 15.8. The van der Waals surface area contributed by atoms with Crippen molar-refractivity contribution in [2.75, 3.05) is 26.2 Å². The fraction of sp³-hybridized carbons (Fsp3) is 0.476. The van der Waals surface area contributed by atoms with Crippen molar-refractivity contribution in [3.8, 4) is 0 Å². The summed E-state index contributed by atoms with van der Waals surface area (Å²) in [6.45, 7) is 5.67. The molecule has 2 aliphatic carbocycles. The summed E-state index contributed by atoms with van der Waals surface area (Å²) >= 11 is 0. The molecule has 148 valence electrons. The lowest BCUT2D eigenvalue weighted by Crippen LogP contribution is -2.43. The second-order valence-corrected chi connectivity index (χ2v) is 7.48. The smallest absolute Gasteiger partial charge is 0.233 e. The van der Waals surface area contributed by atoms with Crippen molar-refractivity contribution in [3.05, 3.63) is 49.0 Å². The average molecular weight is 382 g/mol. The van der Waals surface area contributed by atoms with Crippen LogP contribution in [-0.2, 0) is 16.0 Å². The number of likely N-dealkylation sites (tertiary alicyclic amines) is 1. The van der Waals surface area contributed by atoms with Gasteiger partial charge in [0.25, 0.3) is 0 Å². The molecule has 2 amide bonds. The number of nitrogens with one attached hydrogen (secondary N) is 2. The Morgan fingerprint density at radius 2 is 2.00 bits per heavy atom. The molecule has 3 aliphatic rings. The fourth-order valence-corrected chi connectivity index (χ4v) is 4.55. The molecule has 2 N–H and O–H groups in total. The van der Waals surface area contributed by atoms with E-state index in [9.17, 15) is 9.59 Å². The first-order valence-corrected chi connectivity index (χ1v) is 9.88. The highest BCUT2D eigenvalue weighted by Crippen LogP contribution is 2.52. The summed E-state index contributed by atoms with van der Waals surface area (Å²) < 4.78 is 5.31. The largest absolute Gasteiger partial charge is 0.469 e. The summed E-state index contributed by atoms with van der Waals surface area (Å²) in [4.78, 5) is 31.4. The van der Waals surface area contributed by atoms with Gasteiger partial charge in [-0.25, -0.2) is 0 Å². The minimum atomic E-state index is -0.136. The van der Waals surface area contributed by atoms with E-state index in [-0.39, 0.29) is 35.5 Å². The number of carbonyl (C=O) groups is 2. The molecular formula is C21H26N4O3. The zero-order valence-electron chi connectivity index (χ0n) is 15.8. The summed E-state index contributed by atoms with van der Waals surface area (Å²) in [5, 5.41) is 6.36. The third-order valence-corrected chi connectivity index (χ3v) is 5.81. The van der Waals surface area contributed by atoms with Crippen LogP contribution in [0.2, 0.25) is 0 Å². The first-order valence-electron chi connectivity index (χ1n) is 9.88. The van der Waals surface area contributed by atoms with Gasteiger partial charge in [0.1, 0.15) is 5.76 Å². The third kappa shape index (κ3) is 3.48. The van der Waals surface area contributed by atoms with E-state index < -0.39 is 0 Å². The van der Waals surface area contributed by atoms with Gasteiger partial charge in [-0.15, -0.1) is 6.58 Å². The molecule has 0 spiro atoms. The van der Waals surface area contributed by atoms with Gasteiger partial charge in [-0.1, -0.05) is 18.2 Å². The van der Waals surface area contributed by atoms with Crippen molar-refractivity contribution >= 4 is 17.8 Å². The minimum Gasteiger partial charge on any atom is -0.469 e. The van der Waals surface area contributed by atoms with Crippen molar-refractivity contribution < 1.29 is 14.0 Å². The van der Waals surface area contributed by atoms with Gasteiger partial charge in [-0.05, 0) is 30.4 Å². The van der Waals surface area contributed by atoms with E-state index in [1.54, 1.807) is 12.3 Å². The molecular weight excluding hydrogens is 356 g/mol. The number of nitrogens with zero attached hydrogens (tertiary/aromatic N) is 2. The lowest BCUT2D eigenvalue weighted by atomic mass is 9.85. The van der Waals surface area contributed by atoms with E-state index in [0.29, 0.717) is 38.6 Å². The SMILES string of the molecule is C=CCNC(=NCCc1ccco1)NCCN1C(=O)C2C3C=CC(C3)C2C1=O. The first kappa shape index (κ1) is 18.5. The van der Waals surface area contributed by atoms with Gasteiger partial charge in [0.2, 0.25) is 11.8 Å². The maximum Gasteiger partial charge on any atom is 0.233 e. The predicted octanol–water partition coefficient (Wildman–Crippen LogP) is 1.35. The number of amides is 2. The number of fused-ring (bicyclic) bond motifs is 5. The molecule has 4 rings (SSSR count). The average Bonchev–Trinajstić information content (AvgIpc) is 3.47. The summed E-state index contributed by atoms with van der Waals surface area (Å²) in [6.07, 6.45) is 9.28. The van der Waals surface area contributed by atoms with Crippen molar-refractivity contribution in [3.63, 3.8) is 0 Å². The molecule has 7 heteroatoms. The van der Waals surface area contributed by atoms with Crippen LogP contribution in [0.3, 0.4) is 0 Å². The Morgan fingerprint density at radius 1 is 1.25 bits per heavy atom. The maximum absolute atomic E-state index is 12.7. The molecule has 0 aromatic carbocycles. The monoisotopic (exact) mass is 382 g/mol. The number of furan rings is 1. The number of rotatable bonds is 8. The molecule has 4 atom stereocenters. The number of allylic oxidation sites excluding steroid dienone is 2. The minimum absolute atomic E-state index is 0.0102. The van der Waals surface area contributed by atoms with E-state index in [4.69, 9.17) is 4.42 Å². The second-order valence-electron chi connectivity index (χ2n) is 7.48. The second kappa shape index (κ2) is 8.04. The maximum atomic E-state index is 12.7. The van der Waals surface area contributed by atoms with E-state index in [1.807, 2.05) is 12.1 Å². The zero-order chi connectivity index (χ0) is 19.5. The first-order chi connectivity index (χ1) is 13.7. The number of carbonyl (C=O) groups excluding carboxylic acids is 2. The fourth-order valence-electron chi connectivity index (χ4n) is 4.55. The van der Waals surface area contributed by atoms with Gasteiger partial charge < -0.3 is 15.1 Å². The topological polar surface area (TPSA) is 86.9 Å². The Hall–Kier alpha value is -2.83. The van der Waals surface area contributed by atoms with Crippen LogP contribution in [0.5, 0.6) is 0 Å². The molecule has 28 heavy (non-hydrogen) atoms. The number of imide groups is 1. The van der Waals surface area contributed by atoms with Crippen LogP contribution in [0.4, 0.5) is 0 Å². The van der Waals surface area contributed by atoms with E-state index >= 15 is 0 Å². The molecule has 1 saturated carbocycles. The van der Waals surface area contributed by atoms with Crippen molar-refractivity contribution in [2.24, 2.45) is 28.7 Å². The van der Waals surface area contributed by atoms with E-state index in [0.717, 1.165) is 12.2 Å². The van der Waals surface area contributed by atoms with Gasteiger partial charge in [0, 0.05) is 32.6 Å². The lowest BCUT2D eigenvalue weighted by molar-refractivity contribution is -0.140. The Labute approximate surface area is 164 Å². The van der Waals surface area contributed by atoms with Crippen LogP contribution in [-0.4, -0.2) is 48.9 Å². The third-order valence-electron chi connectivity index (χ3n) is 5.81. The van der Waals surface area contributed by atoms with Gasteiger partial charge in [0.05, 0.1) is 18.1 Å². The predicted molar refractivity (Wildman–Crippen MR) is 105 cm³/mol. The van der Waals surface area contributed by atoms with Gasteiger partial charge >= 0.3 is 0 Å². The molecule has 7 nitrogen and oxygen atoms in total. The number of hydrogen-bond donors (Lipinski definition) is 2. The van der Waals surface area contributed by atoms with E-state index in [1.165, 1.54) is 4.90 Å². The molecule has 2 heterocycles. The van der Waals surface area contributed by atoms with Crippen LogP contribution in [0.25, 0.3) is 0 Å². The highest BCUT2D eigenvalue weighted by Gasteiger charge is 2.58. The van der Waals surface area contributed by atoms with Crippen LogP contribution in [0.1, 0.15) is 12.2 Å². The molecule has 2 fully saturated rings. The molecule has 1 aliphatic heterocycles. The summed E-state index contributed by atoms with van der Waals surface area (Å²) in [5.41, 5.74) is 0. The standard InChI is InChI=1S/C21H26N4O3/c1-2-8-22-21(23-9-7-16-4-3-12-28-16)24-10-11-25-19(26)17-14-5-6-15(13-14)18(17)20(25)27/h2-6,12,14-15,17-18H,1,7-11,13H2,(H2,22,23,24). The quantitative estimate of drug-likeness (QED) is 0.307. The Morgan fingerprint density at radius 3 is 2.64 bits per heavy atom. The molecule has 2 bridgehead atoms. The summed E-state index contributed by atoms with van der Waals surface area (Å²) in [6, 6.07) is 3.78. The van der Waals surface area contributed by atoms with Crippen molar-refractivity contribution in [2.45, 2.75) is 12.8 Å². The summed E-state index contributed by atoms with van der Waals surface area (Å²) in [7, 11) is 0. The van der Waals surface area contributed by atoms with Crippen molar-refractivity contribution in [1.82, 2.24) is 15.5 Å². The number of guanidine groups is 1. The van der Waals surface area contributed by atoms with Gasteiger partial charge in [0.15, 0.2) is 5.96 Å². The Kier molecular flexibility index (Phi) is 5.32. The molecule has 1 aromatic rings. The molecule has 1 aromatic heterocycles. The van der Waals surface area contributed by atoms with E-state index in [2.05, 4.69) is 34.4 Å². The van der Waals surface area contributed by atoms with Crippen LogP contribution >= 0.6 is 0 Å². The van der Waals surface area contributed by atoms with Crippen molar-refractivity contribution in [1.29, 1.82) is 0 Å². The Balaban J connectivity index is 1.30. The van der Waals surface area contributed by atoms with Crippen LogP contribution < -0.4 is 10.6 Å². The van der Waals surface area contributed by atoms with Gasteiger partial charge in [-0.2, -0.15) is 0 Å². The highest BCUT2D eigenvalue weighted by molar-refractivity contribution is 6.06. The molecule has 1 saturated heterocycles. The normalized spacial score (nSPS) is 28.1. The molecule has 0 radical (unpaired) electrons. The van der Waals surface area contributed by atoms with Gasteiger partial charge in [-0.3, -0.25) is 19.5 Å². The van der Waals surface area contributed by atoms with Crippen LogP contribution in [0.15, 0.2) is 52.6 Å².